The Labute approximate surface area is 176 Å². The molecule has 0 saturated heterocycles. The minimum absolute atomic E-state index is 0.00581. The van der Waals surface area contributed by atoms with Gasteiger partial charge in [-0.05, 0) is 56.2 Å². The molecule has 2 aromatic carbocycles. The van der Waals surface area contributed by atoms with Crippen molar-refractivity contribution in [3.05, 3.63) is 63.9 Å². The highest BCUT2D eigenvalue weighted by molar-refractivity contribution is 6.33. The fourth-order valence-electron chi connectivity index (χ4n) is 3.23. The standard InChI is InChI=1S/C22H19ClF3NO3/c1-11(15-9-16-12(2)10-30-21(16)13(3)20(15)29-4)7-19(28)27-18-8-14(22(24,25)26)5-6-17(18)23/h5-10H,1-4H3,(H,27,28)/b11-7+. The van der Waals surface area contributed by atoms with Crippen LogP contribution in [0, 0.1) is 13.8 Å². The summed E-state index contributed by atoms with van der Waals surface area (Å²) in [5, 5.41) is 3.30. The molecule has 3 rings (SSSR count). The van der Waals surface area contributed by atoms with Crippen LogP contribution in [-0.4, -0.2) is 13.0 Å². The minimum atomic E-state index is -4.54. The summed E-state index contributed by atoms with van der Waals surface area (Å²) >= 11 is 5.95. The van der Waals surface area contributed by atoms with E-state index in [-0.39, 0.29) is 10.7 Å². The highest BCUT2D eigenvalue weighted by atomic mass is 35.5. The lowest BCUT2D eigenvalue weighted by Crippen LogP contribution is -2.11. The Morgan fingerprint density at radius 2 is 1.93 bits per heavy atom. The van der Waals surface area contributed by atoms with Crippen molar-refractivity contribution in [1.29, 1.82) is 0 Å². The molecule has 0 radical (unpaired) electrons. The van der Waals surface area contributed by atoms with Gasteiger partial charge in [0.1, 0.15) is 11.3 Å². The number of fused-ring (bicyclic) bond motifs is 1. The number of alkyl halides is 3. The zero-order chi connectivity index (χ0) is 22.2. The molecular formula is C22H19ClF3NO3. The summed E-state index contributed by atoms with van der Waals surface area (Å²) < 4.78 is 49.9. The van der Waals surface area contributed by atoms with E-state index >= 15 is 0 Å². The van der Waals surface area contributed by atoms with E-state index in [9.17, 15) is 18.0 Å². The van der Waals surface area contributed by atoms with Gasteiger partial charge in [-0.15, -0.1) is 0 Å². The number of halogens is 4. The fourth-order valence-corrected chi connectivity index (χ4v) is 3.40. The SMILES string of the molecule is COc1c(/C(C)=C/C(=O)Nc2cc(C(F)(F)F)ccc2Cl)cc2c(C)coc2c1C. The van der Waals surface area contributed by atoms with Gasteiger partial charge in [0.15, 0.2) is 0 Å². The number of nitrogens with one attached hydrogen (secondary N) is 1. The van der Waals surface area contributed by atoms with E-state index in [0.29, 0.717) is 22.5 Å². The van der Waals surface area contributed by atoms with Crippen LogP contribution >= 0.6 is 11.6 Å². The molecule has 0 aliphatic carbocycles. The molecule has 0 atom stereocenters. The van der Waals surface area contributed by atoms with Crippen molar-refractivity contribution in [2.45, 2.75) is 26.9 Å². The molecular weight excluding hydrogens is 419 g/mol. The van der Waals surface area contributed by atoms with Crippen LogP contribution in [-0.2, 0) is 11.0 Å². The van der Waals surface area contributed by atoms with Crippen LogP contribution in [0.15, 0.2) is 41.0 Å². The molecule has 1 aromatic heterocycles. The number of anilines is 1. The summed E-state index contributed by atoms with van der Waals surface area (Å²) in [6.07, 6.45) is -1.62. The third-order valence-corrected chi connectivity index (χ3v) is 5.10. The number of benzene rings is 2. The Hall–Kier alpha value is -2.93. The van der Waals surface area contributed by atoms with Crippen molar-refractivity contribution in [3.63, 3.8) is 0 Å². The maximum atomic E-state index is 12.9. The number of rotatable bonds is 4. The largest absolute Gasteiger partial charge is 0.496 e. The van der Waals surface area contributed by atoms with E-state index in [0.717, 1.165) is 34.7 Å². The number of ether oxygens (including phenoxy) is 1. The lowest BCUT2D eigenvalue weighted by molar-refractivity contribution is -0.137. The van der Waals surface area contributed by atoms with E-state index in [1.807, 2.05) is 19.9 Å². The fraction of sp³-hybridized carbons (Fsp3) is 0.227. The Morgan fingerprint density at radius 3 is 2.57 bits per heavy atom. The average Bonchev–Trinajstić information content (AvgIpc) is 3.03. The molecule has 1 N–H and O–H groups in total. The maximum absolute atomic E-state index is 12.9. The van der Waals surface area contributed by atoms with Crippen LogP contribution in [0.2, 0.25) is 5.02 Å². The van der Waals surface area contributed by atoms with Gasteiger partial charge in [0.2, 0.25) is 5.91 Å². The number of allylic oxidation sites excluding steroid dienone is 1. The Balaban J connectivity index is 1.96. The molecule has 30 heavy (non-hydrogen) atoms. The summed E-state index contributed by atoms with van der Waals surface area (Å²) in [7, 11) is 1.52. The van der Waals surface area contributed by atoms with E-state index in [2.05, 4.69) is 5.32 Å². The van der Waals surface area contributed by atoms with Crippen LogP contribution in [0.25, 0.3) is 16.5 Å². The van der Waals surface area contributed by atoms with Crippen LogP contribution < -0.4 is 10.1 Å². The molecule has 8 heteroatoms. The van der Waals surface area contributed by atoms with Gasteiger partial charge in [0.05, 0.1) is 29.6 Å². The lowest BCUT2D eigenvalue weighted by Gasteiger charge is -2.14. The molecule has 0 saturated carbocycles. The van der Waals surface area contributed by atoms with Crippen molar-refractivity contribution in [3.8, 4) is 5.75 Å². The van der Waals surface area contributed by atoms with Crippen molar-refractivity contribution in [2.24, 2.45) is 0 Å². The molecule has 1 heterocycles. The van der Waals surface area contributed by atoms with E-state index in [1.54, 1.807) is 13.2 Å². The van der Waals surface area contributed by atoms with Crippen molar-refractivity contribution in [2.75, 3.05) is 12.4 Å². The summed E-state index contributed by atoms with van der Waals surface area (Å²) in [5.74, 6) is -0.0621. The molecule has 4 nitrogen and oxygen atoms in total. The molecule has 0 aliphatic heterocycles. The highest BCUT2D eigenvalue weighted by Crippen LogP contribution is 2.38. The minimum Gasteiger partial charge on any atom is -0.496 e. The van der Waals surface area contributed by atoms with E-state index in [4.69, 9.17) is 20.8 Å². The quantitative estimate of drug-likeness (QED) is 0.458. The van der Waals surface area contributed by atoms with Gasteiger partial charge in [0.25, 0.3) is 0 Å². The molecule has 158 valence electrons. The second kappa shape index (κ2) is 8.07. The average molecular weight is 438 g/mol. The first-order chi connectivity index (χ1) is 14.0. The zero-order valence-electron chi connectivity index (χ0n) is 16.7. The number of carbonyl (C=O) groups is 1. The Morgan fingerprint density at radius 1 is 1.23 bits per heavy atom. The number of amides is 1. The lowest BCUT2D eigenvalue weighted by atomic mass is 9.98. The third-order valence-electron chi connectivity index (χ3n) is 4.77. The number of methoxy groups -OCH3 is 1. The summed E-state index contributed by atoms with van der Waals surface area (Å²) in [4.78, 5) is 12.5. The number of carbonyl (C=O) groups excluding carboxylic acids is 1. The van der Waals surface area contributed by atoms with Gasteiger partial charge in [0, 0.05) is 22.6 Å². The predicted octanol–water partition coefficient (Wildman–Crippen LogP) is 6.77. The Kier molecular flexibility index (Phi) is 5.85. The highest BCUT2D eigenvalue weighted by Gasteiger charge is 2.31. The van der Waals surface area contributed by atoms with Crippen LogP contribution in [0.1, 0.15) is 29.2 Å². The van der Waals surface area contributed by atoms with Gasteiger partial charge < -0.3 is 14.5 Å². The third kappa shape index (κ3) is 4.16. The van der Waals surface area contributed by atoms with Crippen LogP contribution in [0.5, 0.6) is 5.75 Å². The molecule has 1 amide bonds. The van der Waals surface area contributed by atoms with Gasteiger partial charge >= 0.3 is 6.18 Å². The first-order valence-electron chi connectivity index (χ1n) is 8.94. The summed E-state index contributed by atoms with van der Waals surface area (Å²) in [6, 6.07) is 4.61. The summed E-state index contributed by atoms with van der Waals surface area (Å²) in [5.41, 5.74) is 2.64. The van der Waals surface area contributed by atoms with Crippen LogP contribution in [0.3, 0.4) is 0 Å². The smallest absolute Gasteiger partial charge is 0.416 e. The summed E-state index contributed by atoms with van der Waals surface area (Å²) in [6.45, 7) is 5.47. The van der Waals surface area contributed by atoms with E-state index < -0.39 is 17.6 Å². The number of hydrogen-bond acceptors (Lipinski definition) is 3. The molecule has 0 spiro atoms. The number of aryl methyl sites for hydroxylation is 2. The first kappa shape index (κ1) is 21.8. The van der Waals surface area contributed by atoms with Gasteiger partial charge in [-0.3, -0.25) is 4.79 Å². The molecule has 0 fully saturated rings. The second-order valence-corrected chi connectivity index (χ2v) is 7.29. The van der Waals surface area contributed by atoms with Gasteiger partial charge in [-0.1, -0.05) is 11.6 Å². The van der Waals surface area contributed by atoms with Crippen LogP contribution in [0.4, 0.5) is 18.9 Å². The molecule has 3 aromatic rings. The first-order valence-corrected chi connectivity index (χ1v) is 9.32. The maximum Gasteiger partial charge on any atom is 0.416 e. The van der Waals surface area contributed by atoms with Crippen molar-refractivity contribution < 1.29 is 27.1 Å². The van der Waals surface area contributed by atoms with Crippen molar-refractivity contribution >= 4 is 39.7 Å². The zero-order valence-corrected chi connectivity index (χ0v) is 17.5. The normalized spacial score (nSPS) is 12.3. The second-order valence-electron chi connectivity index (χ2n) is 6.89. The predicted molar refractivity (Wildman–Crippen MR) is 111 cm³/mol. The van der Waals surface area contributed by atoms with Gasteiger partial charge in [-0.25, -0.2) is 0 Å². The molecule has 0 bridgehead atoms. The number of furan rings is 1. The van der Waals surface area contributed by atoms with Gasteiger partial charge in [-0.2, -0.15) is 13.2 Å². The molecule has 0 aliphatic rings. The topological polar surface area (TPSA) is 51.5 Å². The van der Waals surface area contributed by atoms with Crippen molar-refractivity contribution in [1.82, 2.24) is 0 Å². The monoisotopic (exact) mass is 437 g/mol. The molecule has 0 unspecified atom stereocenters. The Bertz CT molecular complexity index is 1160. The number of hydrogen-bond donors (Lipinski definition) is 1. The van der Waals surface area contributed by atoms with E-state index in [1.165, 1.54) is 13.2 Å².